The molecule has 0 radical (unpaired) electrons. The van der Waals surface area contributed by atoms with Crippen molar-refractivity contribution in [3.8, 4) is 0 Å². The SMILES string of the molecule is CCCCCCCCCCCC/C=C/CC/C=C/C(O)C(COP(=O)(O)OC1C(O)C(O)C(O)C(O)C1O)NC(=O)CC(O)CCCCCCCCC. The van der Waals surface area contributed by atoms with Crippen molar-refractivity contribution < 1.29 is 59.0 Å². The Balaban J connectivity index is 2.65. The van der Waals surface area contributed by atoms with Gasteiger partial charge in [0, 0.05) is 0 Å². The van der Waals surface area contributed by atoms with Gasteiger partial charge in [-0.15, -0.1) is 0 Å². The second-order valence-electron chi connectivity index (χ2n) is 14.7. The van der Waals surface area contributed by atoms with E-state index >= 15 is 0 Å². The number of hydrogen-bond donors (Lipinski definition) is 9. The fraction of sp³-hybridized carbons (Fsp3) is 0.872. The van der Waals surface area contributed by atoms with Crippen LogP contribution in [0.3, 0.4) is 0 Å². The minimum Gasteiger partial charge on any atom is -0.393 e. The van der Waals surface area contributed by atoms with Crippen LogP contribution in [-0.4, -0.2) is 108 Å². The van der Waals surface area contributed by atoms with E-state index in [1.165, 1.54) is 76.7 Å². The van der Waals surface area contributed by atoms with Crippen molar-refractivity contribution >= 4 is 13.7 Å². The van der Waals surface area contributed by atoms with Crippen molar-refractivity contribution in [3.05, 3.63) is 24.3 Å². The van der Waals surface area contributed by atoms with Gasteiger partial charge in [0.05, 0.1) is 31.3 Å². The summed E-state index contributed by atoms with van der Waals surface area (Å²) in [7, 11) is -5.13. The Kier molecular flexibility index (Phi) is 28.2. The molecule has 0 aromatic rings. The van der Waals surface area contributed by atoms with Crippen molar-refractivity contribution in [2.24, 2.45) is 0 Å². The van der Waals surface area contributed by atoms with Crippen molar-refractivity contribution in [3.63, 3.8) is 0 Å². The van der Waals surface area contributed by atoms with E-state index in [0.717, 1.165) is 51.4 Å². The van der Waals surface area contributed by atoms with Gasteiger partial charge in [0.25, 0.3) is 0 Å². The van der Waals surface area contributed by atoms with E-state index < -0.39 is 75.2 Å². The number of phosphoric acid groups is 1. The fourth-order valence-electron chi connectivity index (χ4n) is 6.37. The van der Waals surface area contributed by atoms with Crippen LogP contribution >= 0.6 is 7.82 Å². The maximum atomic E-state index is 12.9. The Labute approximate surface area is 318 Å². The van der Waals surface area contributed by atoms with Crippen molar-refractivity contribution in [2.45, 2.75) is 210 Å². The van der Waals surface area contributed by atoms with Gasteiger partial charge in [-0.25, -0.2) is 4.57 Å². The molecule has 1 aliphatic rings. The highest BCUT2D eigenvalue weighted by Crippen LogP contribution is 2.47. The van der Waals surface area contributed by atoms with Gasteiger partial charge < -0.3 is 46.0 Å². The average molecular weight is 780 g/mol. The number of rotatable bonds is 32. The molecular formula is C39H74NO12P. The molecule has 0 heterocycles. The van der Waals surface area contributed by atoms with E-state index in [2.05, 4.69) is 31.3 Å². The summed E-state index contributed by atoms with van der Waals surface area (Å²) < 4.78 is 22.7. The molecule has 1 fully saturated rings. The Bertz CT molecular complexity index is 1020. The normalized spacial score (nSPS) is 25.1. The molecule has 0 aromatic carbocycles. The zero-order valence-corrected chi connectivity index (χ0v) is 33.3. The maximum absolute atomic E-state index is 12.9. The monoisotopic (exact) mass is 779 g/mol. The molecule has 1 amide bonds. The first-order valence-corrected chi connectivity index (χ1v) is 21.9. The lowest BCUT2D eigenvalue weighted by Gasteiger charge is -2.41. The Morgan fingerprint density at radius 1 is 0.660 bits per heavy atom. The lowest BCUT2D eigenvalue weighted by Crippen LogP contribution is -2.64. The summed E-state index contributed by atoms with van der Waals surface area (Å²) in [5, 5.41) is 73.9. The smallest absolute Gasteiger partial charge is 0.393 e. The lowest BCUT2D eigenvalue weighted by molar-refractivity contribution is -0.220. The van der Waals surface area contributed by atoms with E-state index in [-0.39, 0.29) is 6.42 Å². The molecule has 0 aromatic heterocycles. The largest absolute Gasteiger partial charge is 0.472 e. The number of aliphatic hydroxyl groups excluding tert-OH is 7. The number of carbonyl (C=O) groups excluding carboxylic acids is 1. The molecule has 0 aliphatic heterocycles. The van der Waals surface area contributed by atoms with Gasteiger partial charge in [-0.1, -0.05) is 141 Å². The van der Waals surface area contributed by atoms with Crippen LogP contribution < -0.4 is 5.32 Å². The summed E-state index contributed by atoms with van der Waals surface area (Å²) in [6, 6.07) is -1.25. The van der Waals surface area contributed by atoms with Gasteiger partial charge in [0.1, 0.15) is 36.6 Å². The Morgan fingerprint density at radius 2 is 1.11 bits per heavy atom. The van der Waals surface area contributed by atoms with Crippen molar-refractivity contribution in [2.75, 3.05) is 6.61 Å². The second kappa shape index (κ2) is 30.0. The van der Waals surface area contributed by atoms with Crippen LogP contribution in [-0.2, 0) is 18.4 Å². The number of amides is 1. The van der Waals surface area contributed by atoms with Crippen LogP contribution in [0.15, 0.2) is 24.3 Å². The molecule has 8 atom stereocenters. The number of unbranched alkanes of at least 4 members (excludes halogenated alkanes) is 17. The maximum Gasteiger partial charge on any atom is 0.472 e. The van der Waals surface area contributed by atoms with E-state index in [1.54, 1.807) is 6.08 Å². The first-order chi connectivity index (χ1) is 25.3. The Hall–Kier alpha value is -1.22. The highest BCUT2D eigenvalue weighted by atomic mass is 31.2. The average Bonchev–Trinajstić information content (AvgIpc) is 3.12. The number of aliphatic hydroxyl groups is 7. The lowest BCUT2D eigenvalue weighted by atomic mass is 9.85. The predicted octanol–water partition coefficient (Wildman–Crippen LogP) is 5.25. The minimum absolute atomic E-state index is 0.252. The zero-order valence-electron chi connectivity index (χ0n) is 32.4. The van der Waals surface area contributed by atoms with E-state index in [1.807, 2.05) is 0 Å². The first kappa shape index (κ1) is 49.8. The van der Waals surface area contributed by atoms with Crippen molar-refractivity contribution in [1.82, 2.24) is 5.32 Å². The Morgan fingerprint density at radius 3 is 1.66 bits per heavy atom. The van der Waals surface area contributed by atoms with E-state index in [0.29, 0.717) is 12.8 Å². The van der Waals surface area contributed by atoms with Gasteiger partial charge in [0.15, 0.2) is 0 Å². The molecule has 53 heavy (non-hydrogen) atoms. The van der Waals surface area contributed by atoms with Gasteiger partial charge in [-0.05, 0) is 32.1 Å². The molecule has 1 rings (SSSR count). The summed E-state index contributed by atoms with van der Waals surface area (Å²) in [4.78, 5) is 23.2. The predicted molar refractivity (Wildman–Crippen MR) is 206 cm³/mol. The molecule has 312 valence electrons. The molecular weight excluding hydrogens is 705 g/mol. The highest BCUT2D eigenvalue weighted by Gasteiger charge is 2.51. The number of phosphoric ester groups is 1. The summed E-state index contributed by atoms with van der Waals surface area (Å²) in [5.74, 6) is -0.608. The fourth-order valence-corrected chi connectivity index (χ4v) is 7.34. The summed E-state index contributed by atoms with van der Waals surface area (Å²) in [6.45, 7) is 3.64. The third-order valence-corrected chi connectivity index (χ3v) is 10.8. The quantitative estimate of drug-likeness (QED) is 0.0243. The molecule has 9 N–H and O–H groups in total. The molecule has 13 nitrogen and oxygen atoms in total. The number of hydrogen-bond acceptors (Lipinski definition) is 11. The highest BCUT2D eigenvalue weighted by molar-refractivity contribution is 7.47. The van der Waals surface area contributed by atoms with Crippen LogP contribution in [0.4, 0.5) is 0 Å². The topological polar surface area (TPSA) is 226 Å². The molecule has 0 bridgehead atoms. The number of allylic oxidation sites excluding steroid dienone is 3. The molecule has 1 aliphatic carbocycles. The molecule has 8 unspecified atom stereocenters. The van der Waals surface area contributed by atoms with Gasteiger partial charge >= 0.3 is 7.82 Å². The summed E-state index contributed by atoms with van der Waals surface area (Å²) in [6.07, 6.45) is 16.0. The molecule has 0 spiro atoms. The third-order valence-electron chi connectivity index (χ3n) is 9.79. The standard InChI is InChI=1S/C39H74NO12P/c1-3-5-7-9-11-12-13-14-15-16-17-18-19-21-23-25-27-32(42)31(40-33(43)28-30(41)26-24-22-20-10-8-6-4-2)29-51-53(49,50)52-39-37(47)35(45)34(44)36(46)38(39)48/h18-19,25,27,30-32,34-39,41-42,44-48H,3-17,20-24,26,28-29H2,1-2H3,(H,40,43)(H,49,50)/b19-18+,27-25+. The first-order valence-electron chi connectivity index (χ1n) is 20.4. The van der Waals surface area contributed by atoms with E-state index in [4.69, 9.17) is 9.05 Å². The van der Waals surface area contributed by atoms with Gasteiger partial charge in [0.2, 0.25) is 5.91 Å². The van der Waals surface area contributed by atoms with Crippen LogP contribution in [0.1, 0.15) is 155 Å². The summed E-state index contributed by atoms with van der Waals surface area (Å²) >= 11 is 0. The summed E-state index contributed by atoms with van der Waals surface area (Å²) in [5.41, 5.74) is 0. The van der Waals surface area contributed by atoms with Crippen LogP contribution in [0.5, 0.6) is 0 Å². The molecule has 14 heteroatoms. The van der Waals surface area contributed by atoms with Gasteiger partial charge in [-0.2, -0.15) is 0 Å². The zero-order chi connectivity index (χ0) is 39.5. The van der Waals surface area contributed by atoms with Gasteiger partial charge in [-0.3, -0.25) is 13.8 Å². The van der Waals surface area contributed by atoms with Crippen LogP contribution in [0.2, 0.25) is 0 Å². The number of nitrogens with one attached hydrogen (secondary N) is 1. The molecule has 1 saturated carbocycles. The second-order valence-corrected chi connectivity index (χ2v) is 16.1. The third kappa shape index (κ3) is 22.8. The number of carbonyl (C=O) groups is 1. The van der Waals surface area contributed by atoms with Crippen molar-refractivity contribution in [1.29, 1.82) is 0 Å². The van der Waals surface area contributed by atoms with Crippen LogP contribution in [0, 0.1) is 0 Å². The minimum atomic E-state index is -5.13. The van der Waals surface area contributed by atoms with E-state index in [9.17, 15) is 50.0 Å². The molecule has 0 saturated heterocycles. The van der Waals surface area contributed by atoms with Crippen LogP contribution in [0.25, 0.3) is 0 Å².